The second kappa shape index (κ2) is 3.99. The van der Waals surface area contributed by atoms with Gasteiger partial charge in [0.05, 0.1) is 10.0 Å². The Morgan fingerprint density at radius 3 is 2.45 bits per heavy atom. The predicted octanol–water partition coefficient (Wildman–Crippen LogP) is 3.95. The molecule has 0 heterocycles. The predicted molar refractivity (Wildman–Crippen MR) is 50.5 cm³/mol. The molecule has 1 aromatic carbocycles. The van der Waals surface area contributed by atoms with Crippen molar-refractivity contribution in [3.63, 3.8) is 0 Å². The van der Waals surface area contributed by atoms with E-state index < -0.39 is 0 Å². The second-order valence-electron chi connectivity index (χ2n) is 2.50. The molecule has 0 radical (unpaired) electrons. The van der Waals surface area contributed by atoms with Crippen molar-refractivity contribution in [2.45, 2.75) is 19.8 Å². The highest BCUT2D eigenvalue weighted by Gasteiger charge is 1.97. The van der Waals surface area contributed by atoms with Gasteiger partial charge in [0.2, 0.25) is 0 Å². The van der Waals surface area contributed by atoms with E-state index in [0.29, 0.717) is 10.0 Å². The van der Waals surface area contributed by atoms with Gasteiger partial charge in [-0.2, -0.15) is 0 Å². The molecule has 0 aromatic heterocycles. The van der Waals surface area contributed by atoms with Crippen LogP contribution < -0.4 is 0 Å². The highest BCUT2D eigenvalue weighted by molar-refractivity contribution is 6.41. The summed E-state index contributed by atoms with van der Waals surface area (Å²) in [6.07, 6.45) is 2.20. The Labute approximate surface area is 77.1 Å². The minimum Gasteiger partial charge on any atom is -0.0827 e. The van der Waals surface area contributed by atoms with E-state index in [9.17, 15) is 0 Å². The SMILES string of the molecule is CCCc1ccc(Cl)c(Cl)c1. The van der Waals surface area contributed by atoms with E-state index in [1.165, 1.54) is 5.56 Å². The molecular formula is C9H10Cl2. The van der Waals surface area contributed by atoms with Crippen molar-refractivity contribution >= 4 is 23.2 Å². The molecule has 1 rings (SSSR count). The molecule has 0 saturated heterocycles. The van der Waals surface area contributed by atoms with Gasteiger partial charge in [0, 0.05) is 0 Å². The Morgan fingerprint density at radius 2 is 1.91 bits per heavy atom. The highest BCUT2D eigenvalue weighted by atomic mass is 35.5. The fourth-order valence-electron chi connectivity index (χ4n) is 0.984. The van der Waals surface area contributed by atoms with Crippen LogP contribution in [0.25, 0.3) is 0 Å². The van der Waals surface area contributed by atoms with Gasteiger partial charge in [-0.1, -0.05) is 42.6 Å². The summed E-state index contributed by atoms with van der Waals surface area (Å²) in [5, 5.41) is 1.28. The summed E-state index contributed by atoms with van der Waals surface area (Å²) in [5.41, 5.74) is 1.25. The summed E-state index contributed by atoms with van der Waals surface area (Å²) >= 11 is 11.6. The van der Waals surface area contributed by atoms with Crippen molar-refractivity contribution in [3.8, 4) is 0 Å². The van der Waals surface area contributed by atoms with Gasteiger partial charge >= 0.3 is 0 Å². The summed E-state index contributed by atoms with van der Waals surface area (Å²) in [7, 11) is 0. The van der Waals surface area contributed by atoms with Crippen LogP contribution in [0.1, 0.15) is 18.9 Å². The third-order valence-electron chi connectivity index (χ3n) is 1.52. The monoisotopic (exact) mass is 188 g/mol. The molecule has 0 unspecified atom stereocenters. The van der Waals surface area contributed by atoms with Gasteiger partial charge in [-0.15, -0.1) is 0 Å². The zero-order valence-corrected chi connectivity index (χ0v) is 7.91. The van der Waals surface area contributed by atoms with E-state index in [2.05, 4.69) is 6.92 Å². The van der Waals surface area contributed by atoms with Crippen molar-refractivity contribution in [1.29, 1.82) is 0 Å². The van der Waals surface area contributed by atoms with Crippen molar-refractivity contribution in [2.75, 3.05) is 0 Å². The van der Waals surface area contributed by atoms with Crippen LogP contribution in [0, 0.1) is 0 Å². The van der Waals surface area contributed by atoms with Crippen LogP contribution in [0.5, 0.6) is 0 Å². The molecular weight excluding hydrogens is 179 g/mol. The van der Waals surface area contributed by atoms with Gasteiger partial charge in [-0.3, -0.25) is 0 Å². The molecule has 0 saturated carbocycles. The fraction of sp³-hybridized carbons (Fsp3) is 0.333. The van der Waals surface area contributed by atoms with E-state index >= 15 is 0 Å². The minimum atomic E-state index is 0.631. The van der Waals surface area contributed by atoms with E-state index in [0.717, 1.165) is 12.8 Å². The van der Waals surface area contributed by atoms with Gasteiger partial charge in [0.1, 0.15) is 0 Å². The molecule has 1 aromatic rings. The molecule has 0 N–H and O–H groups in total. The van der Waals surface area contributed by atoms with Gasteiger partial charge < -0.3 is 0 Å². The topological polar surface area (TPSA) is 0 Å². The lowest BCUT2D eigenvalue weighted by Crippen LogP contribution is -1.81. The Morgan fingerprint density at radius 1 is 1.18 bits per heavy atom. The van der Waals surface area contributed by atoms with Crippen LogP contribution in [0.4, 0.5) is 0 Å². The molecule has 2 heteroatoms. The lowest BCUT2D eigenvalue weighted by atomic mass is 10.1. The molecule has 0 aliphatic heterocycles. The maximum atomic E-state index is 5.82. The van der Waals surface area contributed by atoms with E-state index in [1.807, 2.05) is 18.2 Å². The molecule has 0 nitrogen and oxygen atoms in total. The normalized spacial score (nSPS) is 10.1. The molecule has 0 atom stereocenters. The van der Waals surface area contributed by atoms with Crippen LogP contribution in [0.15, 0.2) is 18.2 Å². The number of hydrogen-bond donors (Lipinski definition) is 0. The molecule has 0 aliphatic carbocycles. The molecule has 11 heavy (non-hydrogen) atoms. The summed E-state index contributed by atoms with van der Waals surface area (Å²) in [6.45, 7) is 2.14. The maximum Gasteiger partial charge on any atom is 0.0595 e. The molecule has 0 fully saturated rings. The molecule has 60 valence electrons. The standard InChI is InChI=1S/C9H10Cl2/c1-2-3-7-4-5-8(10)9(11)6-7/h4-6H,2-3H2,1H3. The van der Waals surface area contributed by atoms with Crippen LogP contribution in [-0.2, 0) is 6.42 Å². The van der Waals surface area contributed by atoms with Crippen LogP contribution in [-0.4, -0.2) is 0 Å². The molecule has 0 aliphatic rings. The van der Waals surface area contributed by atoms with Gasteiger partial charge in [-0.05, 0) is 24.1 Å². The average molecular weight is 189 g/mol. The number of aryl methyl sites for hydroxylation is 1. The highest BCUT2D eigenvalue weighted by Crippen LogP contribution is 2.22. The first-order valence-electron chi connectivity index (χ1n) is 3.68. The Balaban J connectivity index is 2.86. The van der Waals surface area contributed by atoms with Crippen LogP contribution >= 0.6 is 23.2 Å². The van der Waals surface area contributed by atoms with E-state index in [-0.39, 0.29) is 0 Å². The average Bonchev–Trinajstić information content (AvgIpc) is 1.98. The quantitative estimate of drug-likeness (QED) is 0.660. The first-order chi connectivity index (χ1) is 5.24. The third kappa shape index (κ3) is 2.39. The second-order valence-corrected chi connectivity index (χ2v) is 3.31. The van der Waals surface area contributed by atoms with E-state index in [4.69, 9.17) is 23.2 Å². The number of hydrogen-bond acceptors (Lipinski definition) is 0. The summed E-state index contributed by atoms with van der Waals surface area (Å²) in [5.74, 6) is 0. The minimum absolute atomic E-state index is 0.631. The van der Waals surface area contributed by atoms with Gasteiger partial charge in [-0.25, -0.2) is 0 Å². The van der Waals surface area contributed by atoms with Gasteiger partial charge in [0.15, 0.2) is 0 Å². The van der Waals surface area contributed by atoms with Crippen molar-refractivity contribution in [3.05, 3.63) is 33.8 Å². The largest absolute Gasteiger partial charge is 0.0827 e. The van der Waals surface area contributed by atoms with Crippen molar-refractivity contribution < 1.29 is 0 Å². The summed E-state index contributed by atoms with van der Waals surface area (Å²) in [6, 6.07) is 5.78. The lowest BCUT2D eigenvalue weighted by molar-refractivity contribution is 0.922. The molecule has 0 spiro atoms. The number of benzene rings is 1. The Kier molecular flexibility index (Phi) is 3.22. The van der Waals surface area contributed by atoms with Crippen LogP contribution in [0.3, 0.4) is 0 Å². The van der Waals surface area contributed by atoms with Crippen molar-refractivity contribution in [2.24, 2.45) is 0 Å². The first-order valence-corrected chi connectivity index (χ1v) is 4.43. The number of halogens is 2. The molecule has 0 amide bonds. The smallest absolute Gasteiger partial charge is 0.0595 e. The third-order valence-corrected chi connectivity index (χ3v) is 2.26. The summed E-state index contributed by atoms with van der Waals surface area (Å²) in [4.78, 5) is 0. The first kappa shape index (κ1) is 8.89. The number of rotatable bonds is 2. The van der Waals surface area contributed by atoms with Crippen molar-refractivity contribution in [1.82, 2.24) is 0 Å². The fourth-order valence-corrected chi connectivity index (χ4v) is 1.30. The van der Waals surface area contributed by atoms with E-state index in [1.54, 1.807) is 0 Å². The Hall–Kier alpha value is -0.200. The van der Waals surface area contributed by atoms with Crippen LogP contribution in [0.2, 0.25) is 10.0 Å². The Bertz CT molecular complexity index is 243. The summed E-state index contributed by atoms with van der Waals surface area (Å²) < 4.78 is 0. The zero-order chi connectivity index (χ0) is 8.27. The maximum absolute atomic E-state index is 5.82. The zero-order valence-electron chi connectivity index (χ0n) is 6.40. The lowest BCUT2D eigenvalue weighted by Gasteiger charge is -1.99. The molecule has 0 bridgehead atoms. The van der Waals surface area contributed by atoms with Gasteiger partial charge in [0.25, 0.3) is 0 Å².